The Labute approximate surface area is 616 Å². The Morgan fingerprint density at radius 1 is 0.248 bits per heavy atom. The van der Waals surface area contributed by atoms with Crippen LogP contribution < -0.4 is 42.6 Å². The number of hydrogen-bond acceptors (Lipinski definition) is 4. The van der Waals surface area contributed by atoms with E-state index in [4.69, 9.17) is 0 Å². The van der Waals surface area contributed by atoms with Crippen molar-refractivity contribution in [1.82, 2.24) is 9.13 Å². The summed E-state index contributed by atoms with van der Waals surface area (Å²) < 4.78 is 5.24. The highest BCUT2D eigenvalue weighted by molar-refractivity contribution is 8.00. The molecule has 0 fully saturated rings. The normalized spacial score (nSPS) is 13.7. The molecule has 6 aliphatic rings. The lowest BCUT2D eigenvalue weighted by molar-refractivity contribution is 0.789. The smallest absolute Gasteiger partial charge is 0.249 e. The number of anilines is 6. The molecule has 105 heavy (non-hydrogen) atoms. The third kappa shape index (κ3) is 7.97. The van der Waals surface area contributed by atoms with E-state index < -0.39 is 5.41 Å². The highest BCUT2D eigenvalue weighted by atomic mass is 32.2. The highest BCUT2D eigenvalue weighted by Crippen LogP contribution is 2.64. The minimum absolute atomic E-state index is 0.0454. The molecule has 0 unspecified atom stereocenters. The molecule has 1 spiro atoms. The second-order valence-electron chi connectivity index (χ2n) is 28.9. The van der Waals surface area contributed by atoms with Gasteiger partial charge in [-0.15, -0.1) is 0 Å². The number of rotatable bonds is 8. The van der Waals surface area contributed by atoms with Gasteiger partial charge in [0.05, 0.1) is 16.4 Å². The topological polar surface area (TPSA) is 16.3 Å². The fourth-order valence-corrected chi connectivity index (χ4v) is 22.0. The van der Waals surface area contributed by atoms with E-state index in [1.54, 1.807) is 0 Å². The SMILES string of the molecule is c1ccc(-c2ccc3c(c2)c2cccc4c2n3-c2cc(N(c3ccccc3)c3ccccc3)cc3c2B4c2cc4c(cc2S3)C2(c3ccccc3-4)c3ccccc3-c3cc4c(cc32)Sc2cc(N(c3ccccc3)c3ccccc3)cc3c2B4c2cccc4c5cc(-c6ccccc6)ccc5n-3c24)cc1. The summed E-state index contributed by atoms with van der Waals surface area (Å²) in [6.07, 6.45) is 0. The van der Waals surface area contributed by atoms with Crippen molar-refractivity contribution < 1.29 is 0 Å². The molecule has 4 nitrogen and oxygen atoms in total. The van der Waals surface area contributed by atoms with Gasteiger partial charge in [0.1, 0.15) is 0 Å². The maximum atomic E-state index is 2.67. The van der Waals surface area contributed by atoms with Crippen LogP contribution in [0.25, 0.3) is 99.5 Å². The number of benzene rings is 16. The van der Waals surface area contributed by atoms with Crippen molar-refractivity contribution in [2.45, 2.75) is 25.0 Å². The summed E-state index contributed by atoms with van der Waals surface area (Å²) in [5.41, 5.74) is 37.1. The van der Waals surface area contributed by atoms with Gasteiger partial charge in [-0.2, -0.15) is 0 Å². The minimum Gasteiger partial charge on any atom is -0.310 e. The van der Waals surface area contributed by atoms with Gasteiger partial charge in [-0.05, 0) is 198 Å². The molecule has 0 amide bonds. The first kappa shape index (κ1) is 58.1. The second kappa shape index (κ2) is 21.8. The molecule has 4 aliphatic heterocycles. The van der Waals surface area contributed by atoms with Crippen molar-refractivity contribution in [3.05, 3.63) is 374 Å². The lowest BCUT2D eigenvalue weighted by atomic mass is 9.35. The van der Waals surface area contributed by atoms with Gasteiger partial charge in [-0.25, -0.2) is 0 Å². The number of para-hydroxylation sites is 6. The predicted molar refractivity (Wildman–Crippen MR) is 442 cm³/mol. The van der Waals surface area contributed by atoms with E-state index in [0.717, 1.165) is 34.1 Å². The molecule has 16 aromatic carbocycles. The van der Waals surface area contributed by atoms with Gasteiger partial charge in [-0.3, -0.25) is 0 Å². The molecule has 8 heteroatoms. The molecule has 0 N–H and O–H groups in total. The van der Waals surface area contributed by atoms with Crippen LogP contribution in [0.4, 0.5) is 34.1 Å². The molecule has 18 aromatic rings. The standard InChI is InChI=1S/C97H58B2N4S2/c1-7-25-59(26-8-1)61-45-47-85-75(49-61)71-39-23-43-81-95(71)102(85)87-51-67(100(63-29-11-3-12-30-63)64-31-13-4-14-32-64)53-91-93(87)98(81)83-55-73-69-37-19-21-41-77(69)97(79(73)57-89(83)104-91)78-42-22-20-38-70(78)74-56-84-90(58-80(74)97)105-92-54-68(101(65-33-15-5-16-34-65)66-35-17-6-18-36-66)52-88-94(92)99(84)82-44-24-40-72-76-50-62(60-27-9-2-10-28-60)46-48-86(76)103(88)96(72)82/h1-58H. The lowest BCUT2D eigenvalue weighted by Gasteiger charge is -2.37. The van der Waals surface area contributed by atoms with Gasteiger partial charge in [0.25, 0.3) is 0 Å². The zero-order chi connectivity index (χ0) is 68.3. The van der Waals surface area contributed by atoms with Crippen molar-refractivity contribution in [3.8, 4) is 55.9 Å². The largest absolute Gasteiger partial charge is 0.310 e. The van der Waals surface area contributed by atoms with Crippen LogP contribution in [0.1, 0.15) is 22.3 Å². The number of nitrogens with zero attached hydrogens (tertiary/aromatic N) is 4. The minimum atomic E-state index is -0.636. The number of fused-ring (bicyclic) bond motifs is 24. The molecule has 2 aliphatic carbocycles. The molecule has 6 heterocycles. The van der Waals surface area contributed by atoms with Crippen LogP contribution in [0.5, 0.6) is 0 Å². The van der Waals surface area contributed by atoms with Gasteiger partial charge < -0.3 is 18.9 Å². The molecule has 0 saturated heterocycles. The van der Waals surface area contributed by atoms with E-state index in [1.165, 1.54) is 174 Å². The van der Waals surface area contributed by atoms with E-state index in [2.05, 4.69) is 371 Å². The molecule has 24 rings (SSSR count). The number of aromatic nitrogens is 2. The van der Waals surface area contributed by atoms with E-state index in [-0.39, 0.29) is 13.4 Å². The lowest BCUT2D eigenvalue weighted by Crippen LogP contribution is -2.59. The van der Waals surface area contributed by atoms with Crippen molar-refractivity contribution >= 4 is 147 Å². The summed E-state index contributed by atoms with van der Waals surface area (Å²) >= 11 is 3.92. The molecular formula is C97H58B2N4S2. The number of hydrogen-bond donors (Lipinski definition) is 0. The first-order valence-electron chi connectivity index (χ1n) is 36.4. The van der Waals surface area contributed by atoms with Crippen LogP contribution in [-0.4, -0.2) is 22.6 Å². The van der Waals surface area contributed by atoms with Crippen LogP contribution in [0, 0.1) is 0 Å². The predicted octanol–water partition coefficient (Wildman–Crippen LogP) is 21.1. The zero-order valence-electron chi connectivity index (χ0n) is 56.7. The van der Waals surface area contributed by atoms with E-state index in [9.17, 15) is 0 Å². The van der Waals surface area contributed by atoms with Crippen LogP contribution in [0.3, 0.4) is 0 Å². The Kier molecular flexibility index (Phi) is 12.1. The van der Waals surface area contributed by atoms with E-state index in [0.29, 0.717) is 0 Å². The molecule has 484 valence electrons. The fourth-order valence-electron chi connectivity index (χ4n) is 19.6. The average Bonchev–Trinajstić information content (AvgIpc) is 1.51. The third-order valence-electron chi connectivity index (χ3n) is 23.7. The van der Waals surface area contributed by atoms with Crippen LogP contribution in [-0.2, 0) is 5.41 Å². The quantitative estimate of drug-likeness (QED) is 0.141. The Morgan fingerprint density at radius 3 is 1.02 bits per heavy atom. The van der Waals surface area contributed by atoms with Gasteiger partial charge in [0, 0.05) is 97.7 Å². The summed E-state index contributed by atoms with van der Waals surface area (Å²) in [6, 6.07) is 134. The molecule has 0 saturated carbocycles. The summed E-state index contributed by atoms with van der Waals surface area (Å²) in [7, 11) is 0. The molecule has 0 bridgehead atoms. The maximum Gasteiger partial charge on any atom is 0.249 e. The fraction of sp³-hybridized carbons (Fsp3) is 0.0103. The third-order valence-corrected chi connectivity index (χ3v) is 26.0. The maximum absolute atomic E-state index is 2.67. The first-order valence-corrected chi connectivity index (χ1v) is 38.1. The van der Waals surface area contributed by atoms with Crippen molar-refractivity contribution in [3.63, 3.8) is 0 Å². The van der Waals surface area contributed by atoms with Crippen molar-refractivity contribution in [2.75, 3.05) is 9.80 Å². The van der Waals surface area contributed by atoms with Crippen LogP contribution in [0.15, 0.2) is 371 Å². The Morgan fingerprint density at radius 2 is 0.619 bits per heavy atom. The van der Waals surface area contributed by atoms with Gasteiger partial charge in [0.2, 0.25) is 13.4 Å². The van der Waals surface area contributed by atoms with Gasteiger partial charge in [-0.1, -0.05) is 277 Å². The zero-order valence-corrected chi connectivity index (χ0v) is 58.4. The highest BCUT2D eigenvalue weighted by Gasteiger charge is 2.54. The summed E-state index contributed by atoms with van der Waals surface area (Å²) in [4.78, 5) is 10.1. The molecule has 0 atom stereocenters. The van der Waals surface area contributed by atoms with Crippen LogP contribution >= 0.6 is 23.5 Å². The van der Waals surface area contributed by atoms with E-state index >= 15 is 0 Å². The van der Waals surface area contributed by atoms with Crippen LogP contribution in [0.2, 0.25) is 0 Å². The Hall–Kier alpha value is -12.5. The molecule has 0 radical (unpaired) electrons. The second-order valence-corrected chi connectivity index (χ2v) is 31.1. The average molecular weight is 1370 g/mol. The van der Waals surface area contributed by atoms with Gasteiger partial charge in [0.15, 0.2) is 0 Å². The molecular weight excluding hydrogens is 1310 g/mol. The molecule has 2 aromatic heterocycles. The van der Waals surface area contributed by atoms with E-state index in [1.807, 2.05) is 23.5 Å². The first-order chi connectivity index (χ1) is 52.1. The summed E-state index contributed by atoms with van der Waals surface area (Å²) in [6.45, 7) is -0.0907. The Balaban J connectivity index is 0.744. The van der Waals surface area contributed by atoms with Crippen molar-refractivity contribution in [1.29, 1.82) is 0 Å². The monoisotopic (exact) mass is 1360 g/mol. The van der Waals surface area contributed by atoms with Crippen molar-refractivity contribution in [2.24, 2.45) is 0 Å². The Bertz CT molecular complexity index is 6310. The summed E-state index contributed by atoms with van der Waals surface area (Å²) in [5.74, 6) is 0. The van der Waals surface area contributed by atoms with Gasteiger partial charge >= 0.3 is 0 Å². The summed E-state index contributed by atoms with van der Waals surface area (Å²) in [5, 5.41) is 5.07.